The van der Waals surface area contributed by atoms with Gasteiger partial charge in [-0.25, -0.2) is 4.39 Å². The molecule has 0 aliphatic heterocycles. The van der Waals surface area contributed by atoms with Crippen molar-refractivity contribution < 1.29 is 14.3 Å². The largest absolute Gasteiger partial charge is 0.505 e. The number of carbonyl (C=O) groups is 1. The number of aromatic hydroxyl groups is 1. The van der Waals surface area contributed by atoms with Crippen LogP contribution in [-0.4, -0.2) is 36.4 Å². The first-order valence-corrected chi connectivity index (χ1v) is 4.17. The van der Waals surface area contributed by atoms with Crippen LogP contribution in [0.2, 0.25) is 0 Å². The number of hydrogen-bond donors (Lipinski definition) is 1. The van der Waals surface area contributed by atoms with Crippen LogP contribution in [0.3, 0.4) is 0 Å². The second kappa shape index (κ2) is 4.19. The molecule has 1 aromatic rings. The molecule has 1 aromatic carbocycles. The van der Waals surface area contributed by atoms with E-state index < -0.39 is 11.6 Å². The second-order valence-electron chi connectivity index (χ2n) is 3.33. The summed E-state index contributed by atoms with van der Waals surface area (Å²) in [6.45, 7) is 0.226. The molecule has 3 nitrogen and oxygen atoms in total. The Kier molecular flexibility index (Phi) is 3.19. The van der Waals surface area contributed by atoms with Crippen molar-refractivity contribution in [3.63, 3.8) is 0 Å². The Hall–Kier alpha value is -1.42. The van der Waals surface area contributed by atoms with E-state index in [0.717, 1.165) is 6.07 Å². The lowest BCUT2D eigenvalue weighted by Gasteiger charge is -2.08. The molecular weight excluding hydrogens is 185 g/mol. The average molecular weight is 197 g/mol. The van der Waals surface area contributed by atoms with Crippen LogP contribution >= 0.6 is 0 Å². The maximum absolute atomic E-state index is 12.9. The first-order chi connectivity index (χ1) is 6.50. The number of halogens is 1. The Morgan fingerprint density at radius 2 is 2.14 bits per heavy atom. The van der Waals surface area contributed by atoms with Gasteiger partial charge in [-0.15, -0.1) is 0 Å². The number of likely N-dealkylation sites (N-methyl/N-ethyl adjacent to an activating group) is 1. The second-order valence-corrected chi connectivity index (χ2v) is 3.33. The third kappa shape index (κ3) is 2.53. The summed E-state index contributed by atoms with van der Waals surface area (Å²) in [5.41, 5.74) is 0.272. The van der Waals surface area contributed by atoms with Crippen molar-refractivity contribution in [1.82, 2.24) is 4.90 Å². The van der Waals surface area contributed by atoms with Crippen LogP contribution < -0.4 is 0 Å². The summed E-state index contributed by atoms with van der Waals surface area (Å²) in [4.78, 5) is 13.1. The molecule has 0 saturated carbocycles. The number of phenolic OH excluding ortho intramolecular Hbond substituents is 1. The van der Waals surface area contributed by atoms with E-state index >= 15 is 0 Å². The predicted molar refractivity (Wildman–Crippen MR) is 50.9 cm³/mol. The van der Waals surface area contributed by atoms with E-state index in [4.69, 9.17) is 5.11 Å². The fourth-order valence-electron chi connectivity index (χ4n) is 1.06. The number of ketones is 1. The Labute approximate surface area is 81.8 Å². The number of phenols is 1. The van der Waals surface area contributed by atoms with E-state index in [-0.39, 0.29) is 17.9 Å². The minimum atomic E-state index is -0.769. The van der Waals surface area contributed by atoms with Crippen molar-refractivity contribution >= 4 is 5.78 Å². The molecule has 0 fully saturated rings. The lowest BCUT2D eigenvalue weighted by molar-refractivity contribution is 0.0957. The van der Waals surface area contributed by atoms with E-state index in [2.05, 4.69) is 0 Å². The van der Waals surface area contributed by atoms with Crippen LogP contribution in [0.25, 0.3) is 0 Å². The van der Waals surface area contributed by atoms with Crippen LogP contribution in [0.4, 0.5) is 4.39 Å². The van der Waals surface area contributed by atoms with Crippen molar-refractivity contribution in [1.29, 1.82) is 0 Å². The molecule has 4 heteroatoms. The highest BCUT2D eigenvalue weighted by molar-refractivity contribution is 5.97. The lowest BCUT2D eigenvalue weighted by Crippen LogP contribution is -2.21. The van der Waals surface area contributed by atoms with Gasteiger partial charge in [0.15, 0.2) is 17.3 Å². The molecule has 0 aromatic heterocycles. The van der Waals surface area contributed by atoms with Gasteiger partial charge in [-0.1, -0.05) is 0 Å². The summed E-state index contributed by atoms with van der Waals surface area (Å²) in [5, 5.41) is 8.91. The van der Waals surface area contributed by atoms with Gasteiger partial charge >= 0.3 is 0 Å². The van der Waals surface area contributed by atoms with Gasteiger partial charge < -0.3 is 10.0 Å². The highest BCUT2D eigenvalue weighted by Gasteiger charge is 2.09. The van der Waals surface area contributed by atoms with Crippen LogP contribution in [0.1, 0.15) is 10.4 Å². The summed E-state index contributed by atoms with van der Waals surface area (Å²) in [7, 11) is 3.52. The topological polar surface area (TPSA) is 40.5 Å². The lowest BCUT2D eigenvalue weighted by atomic mass is 10.1. The Morgan fingerprint density at radius 3 is 2.64 bits per heavy atom. The van der Waals surface area contributed by atoms with E-state index in [1.54, 1.807) is 19.0 Å². The van der Waals surface area contributed by atoms with E-state index in [1.165, 1.54) is 12.1 Å². The quantitative estimate of drug-likeness (QED) is 0.742. The van der Waals surface area contributed by atoms with Gasteiger partial charge in [0.2, 0.25) is 0 Å². The molecule has 0 aliphatic carbocycles. The Balaban J connectivity index is 2.86. The SMILES string of the molecule is CN(C)CC(=O)c1ccc(O)c(F)c1. The molecule has 0 aliphatic rings. The van der Waals surface area contributed by atoms with Gasteiger partial charge in [-0.05, 0) is 32.3 Å². The smallest absolute Gasteiger partial charge is 0.176 e. The van der Waals surface area contributed by atoms with E-state index in [1.807, 2.05) is 0 Å². The highest BCUT2D eigenvalue weighted by Crippen LogP contribution is 2.16. The zero-order valence-corrected chi connectivity index (χ0v) is 8.12. The van der Waals surface area contributed by atoms with Gasteiger partial charge in [-0.2, -0.15) is 0 Å². The summed E-state index contributed by atoms with van der Waals surface area (Å²) < 4.78 is 12.9. The molecule has 0 amide bonds. The number of rotatable bonds is 3. The Bertz CT molecular complexity index is 350. The van der Waals surface area contributed by atoms with Crippen molar-refractivity contribution in [2.45, 2.75) is 0 Å². The number of nitrogens with zero attached hydrogens (tertiary/aromatic N) is 1. The maximum atomic E-state index is 12.9. The third-order valence-electron chi connectivity index (χ3n) is 1.73. The van der Waals surface area contributed by atoms with Crippen molar-refractivity contribution in [3.8, 4) is 5.75 Å². The molecule has 1 rings (SSSR count). The first-order valence-electron chi connectivity index (χ1n) is 4.17. The number of carbonyl (C=O) groups excluding carboxylic acids is 1. The summed E-state index contributed by atoms with van der Waals surface area (Å²) in [5.74, 6) is -1.38. The molecule has 1 N–H and O–H groups in total. The summed E-state index contributed by atoms with van der Waals surface area (Å²) >= 11 is 0. The van der Waals surface area contributed by atoms with Crippen molar-refractivity contribution in [2.75, 3.05) is 20.6 Å². The van der Waals surface area contributed by atoms with Crippen LogP contribution in [0, 0.1) is 5.82 Å². The predicted octanol–water partition coefficient (Wildman–Crippen LogP) is 1.28. The molecule has 0 bridgehead atoms. The molecule has 0 radical (unpaired) electrons. The number of Topliss-reactive ketones (excluding diaryl/α,β-unsaturated/α-hetero) is 1. The maximum Gasteiger partial charge on any atom is 0.176 e. The molecule has 0 saturated heterocycles. The third-order valence-corrected chi connectivity index (χ3v) is 1.73. The van der Waals surface area contributed by atoms with Crippen LogP contribution in [-0.2, 0) is 0 Å². The molecule has 0 spiro atoms. The fourth-order valence-corrected chi connectivity index (χ4v) is 1.06. The monoisotopic (exact) mass is 197 g/mol. The standard InChI is InChI=1S/C10H12FNO2/c1-12(2)6-10(14)7-3-4-9(13)8(11)5-7/h3-5,13H,6H2,1-2H3. The summed E-state index contributed by atoms with van der Waals surface area (Å²) in [6.07, 6.45) is 0. The van der Waals surface area contributed by atoms with Crippen LogP contribution in [0.5, 0.6) is 5.75 Å². The van der Waals surface area contributed by atoms with E-state index in [0.29, 0.717) is 0 Å². The number of hydrogen-bond acceptors (Lipinski definition) is 3. The fraction of sp³-hybridized carbons (Fsp3) is 0.300. The van der Waals surface area contributed by atoms with Gasteiger partial charge in [-0.3, -0.25) is 4.79 Å². The van der Waals surface area contributed by atoms with Crippen molar-refractivity contribution in [3.05, 3.63) is 29.6 Å². The van der Waals surface area contributed by atoms with Gasteiger partial charge in [0.25, 0.3) is 0 Å². The minimum Gasteiger partial charge on any atom is -0.505 e. The summed E-state index contributed by atoms with van der Waals surface area (Å²) in [6, 6.07) is 3.63. The zero-order chi connectivity index (χ0) is 10.7. The minimum absolute atomic E-state index is 0.172. The highest BCUT2D eigenvalue weighted by atomic mass is 19.1. The normalized spacial score (nSPS) is 10.6. The van der Waals surface area contributed by atoms with Gasteiger partial charge in [0.1, 0.15) is 0 Å². The van der Waals surface area contributed by atoms with Gasteiger partial charge in [0.05, 0.1) is 6.54 Å². The van der Waals surface area contributed by atoms with Crippen LogP contribution in [0.15, 0.2) is 18.2 Å². The molecule has 0 unspecified atom stereocenters. The molecule has 0 atom stereocenters. The average Bonchev–Trinajstić information content (AvgIpc) is 2.08. The molecular formula is C10H12FNO2. The molecule has 0 heterocycles. The Morgan fingerprint density at radius 1 is 1.50 bits per heavy atom. The van der Waals surface area contributed by atoms with E-state index in [9.17, 15) is 9.18 Å². The molecule has 14 heavy (non-hydrogen) atoms. The first kappa shape index (κ1) is 10.7. The van der Waals surface area contributed by atoms with Gasteiger partial charge in [0, 0.05) is 5.56 Å². The van der Waals surface area contributed by atoms with Crippen molar-refractivity contribution in [2.24, 2.45) is 0 Å². The number of benzene rings is 1. The zero-order valence-electron chi connectivity index (χ0n) is 8.12. The molecule has 76 valence electrons.